The van der Waals surface area contributed by atoms with Crippen molar-refractivity contribution < 1.29 is 33.6 Å². The number of carbonyl (C=O) groups is 2. The predicted molar refractivity (Wildman–Crippen MR) is 208 cm³/mol. The first kappa shape index (κ1) is 36.2. The highest BCUT2D eigenvalue weighted by Crippen LogP contribution is 2.59. The number of aromatic hydroxyl groups is 1. The van der Waals surface area contributed by atoms with Gasteiger partial charge in [0.25, 0.3) is 0 Å². The van der Waals surface area contributed by atoms with Gasteiger partial charge in [-0.2, -0.15) is 0 Å². The molecule has 4 heterocycles. The van der Waals surface area contributed by atoms with Crippen molar-refractivity contribution >= 4 is 17.4 Å². The Labute approximate surface area is 318 Å². The Kier molecular flexibility index (Phi) is 9.45. The number of anilines is 1. The first-order valence-electron chi connectivity index (χ1n) is 19.6. The van der Waals surface area contributed by atoms with Gasteiger partial charge >= 0.3 is 5.97 Å². The third-order valence-electron chi connectivity index (χ3n) is 12.1. The van der Waals surface area contributed by atoms with Crippen molar-refractivity contribution in [3.05, 3.63) is 106 Å². The Bertz CT molecular complexity index is 2090. The molecule has 8 nitrogen and oxygen atoms in total. The average molecular weight is 730 g/mol. The van der Waals surface area contributed by atoms with Gasteiger partial charge in [0.05, 0.1) is 5.56 Å². The molecule has 282 valence electrons. The average Bonchev–Trinajstić information content (AvgIpc) is 3.43. The van der Waals surface area contributed by atoms with Gasteiger partial charge in [0.2, 0.25) is 0 Å². The van der Waals surface area contributed by atoms with E-state index in [-0.39, 0.29) is 23.2 Å². The zero-order valence-electron chi connectivity index (χ0n) is 32.1. The van der Waals surface area contributed by atoms with E-state index in [1.165, 1.54) is 5.56 Å². The lowest BCUT2D eigenvalue weighted by atomic mass is 9.74. The smallest absolute Gasteiger partial charge is 0.340 e. The van der Waals surface area contributed by atoms with Gasteiger partial charge in [-0.25, -0.2) is 4.79 Å². The number of hydrogen-bond donors (Lipinski definition) is 1. The van der Waals surface area contributed by atoms with Crippen LogP contribution in [-0.4, -0.2) is 42.2 Å². The van der Waals surface area contributed by atoms with Gasteiger partial charge in [-0.15, -0.1) is 0 Å². The van der Waals surface area contributed by atoms with Crippen molar-refractivity contribution in [3.8, 4) is 28.7 Å². The Morgan fingerprint density at radius 3 is 2.39 bits per heavy atom. The van der Waals surface area contributed by atoms with E-state index in [1.807, 2.05) is 56.3 Å². The fraction of sp³-hybridized carbons (Fsp3) is 0.435. The molecule has 0 bridgehead atoms. The molecular formula is C46H51NO7. The van der Waals surface area contributed by atoms with Crippen LogP contribution in [-0.2, 0) is 19.9 Å². The third-order valence-corrected chi connectivity index (χ3v) is 12.1. The van der Waals surface area contributed by atoms with Crippen LogP contribution in [0.4, 0.5) is 5.69 Å². The fourth-order valence-electron chi connectivity index (χ4n) is 9.41. The van der Waals surface area contributed by atoms with Crippen LogP contribution >= 0.6 is 0 Å². The highest BCUT2D eigenvalue weighted by atomic mass is 16.6. The van der Waals surface area contributed by atoms with E-state index in [2.05, 4.69) is 37.8 Å². The van der Waals surface area contributed by atoms with E-state index < -0.39 is 5.60 Å². The molecule has 1 saturated heterocycles. The summed E-state index contributed by atoms with van der Waals surface area (Å²) in [5, 5.41) is 10.3. The van der Waals surface area contributed by atoms with Gasteiger partial charge in [-0.3, -0.25) is 4.79 Å². The molecule has 0 aromatic heterocycles. The molecule has 0 amide bonds. The summed E-state index contributed by atoms with van der Waals surface area (Å²) in [7, 11) is 0. The zero-order chi connectivity index (χ0) is 37.8. The minimum Gasteiger partial charge on any atom is -0.507 e. The molecule has 4 aromatic rings. The van der Waals surface area contributed by atoms with E-state index in [4.69, 9.17) is 18.9 Å². The maximum atomic E-state index is 13.6. The molecule has 1 spiro atoms. The topological polar surface area (TPSA) is 94.5 Å². The molecule has 1 N–H and O–H groups in total. The van der Waals surface area contributed by atoms with E-state index >= 15 is 0 Å². The summed E-state index contributed by atoms with van der Waals surface area (Å²) in [5.41, 5.74) is 5.23. The molecule has 0 saturated carbocycles. The maximum absolute atomic E-state index is 13.6. The summed E-state index contributed by atoms with van der Waals surface area (Å²) < 4.78 is 25.2. The second kappa shape index (κ2) is 14.1. The summed E-state index contributed by atoms with van der Waals surface area (Å²) in [6.45, 7) is 13.0. The largest absolute Gasteiger partial charge is 0.507 e. The van der Waals surface area contributed by atoms with Gasteiger partial charge in [-0.1, -0.05) is 25.1 Å². The van der Waals surface area contributed by atoms with Crippen LogP contribution < -0.4 is 14.4 Å². The molecule has 4 aliphatic rings. The molecule has 2 atom stereocenters. The summed E-state index contributed by atoms with van der Waals surface area (Å²) in [4.78, 5) is 29.1. The van der Waals surface area contributed by atoms with Gasteiger partial charge in [0, 0.05) is 72.6 Å². The molecule has 8 rings (SSSR count). The lowest BCUT2D eigenvalue weighted by Crippen LogP contribution is -2.49. The van der Waals surface area contributed by atoms with Gasteiger partial charge in [0.15, 0.2) is 5.60 Å². The normalized spacial score (nSPS) is 21.1. The Hall–Kier alpha value is -4.82. The standard InChI is InChI=1S/C46H51NO7/c1-28-22-34(23-29(2)43(28)49)52-33-15-16-38-41(24-33)53-42-26-40-36(25-39(42)46(38)37-14-7-6-13-35(37)44(50)54-46)30(3)27-45(4,5)47(40)19-9-12-32(48)11-8-10-31-17-20-51-21-18-31/h6-7,13-16,22-26,30-31,49H,8-12,17-21,27H2,1-5H3. The summed E-state index contributed by atoms with van der Waals surface area (Å²) >= 11 is 0. The number of aryl methyl sites for hydroxylation is 2. The Morgan fingerprint density at radius 1 is 0.889 bits per heavy atom. The number of ketones is 1. The second-order valence-corrected chi connectivity index (χ2v) is 16.5. The van der Waals surface area contributed by atoms with Gasteiger partial charge in [-0.05, 0) is 131 Å². The highest BCUT2D eigenvalue weighted by molar-refractivity contribution is 5.97. The Morgan fingerprint density at radius 2 is 1.61 bits per heavy atom. The molecule has 4 aromatic carbocycles. The Balaban J connectivity index is 1.12. The minimum atomic E-state index is -1.20. The number of phenols is 1. The number of fused-ring (bicyclic) bond motifs is 7. The number of Topliss-reactive ketones (excluding diaryl/α,β-unsaturated/α-hetero) is 1. The summed E-state index contributed by atoms with van der Waals surface area (Å²) in [5.74, 6) is 3.47. The number of hydrogen-bond acceptors (Lipinski definition) is 8. The predicted octanol–water partition coefficient (Wildman–Crippen LogP) is 10.4. The minimum absolute atomic E-state index is 0.148. The van der Waals surface area contributed by atoms with Crippen molar-refractivity contribution in [2.75, 3.05) is 24.7 Å². The molecule has 8 heteroatoms. The van der Waals surface area contributed by atoms with Crippen LogP contribution in [0.15, 0.2) is 66.7 Å². The molecule has 0 radical (unpaired) electrons. The lowest BCUT2D eigenvalue weighted by Gasteiger charge is -2.48. The van der Waals surface area contributed by atoms with E-state index in [1.54, 1.807) is 12.1 Å². The van der Waals surface area contributed by atoms with Crippen LogP contribution in [0, 0.1) is 19.8 Å². The van der Waals surface area contributed by atoms with E-state index in [0.29, 0.717) is 53.1 Å². The monoisotopic (exact) mass is 729 g/mol. The molecular weight excluding hydrogens is 679 g/mol. The summed E-state index contributed by atoms with van der Waals surface area (Å²) in [6.07, 6.45) is 7.22. The van der Waals surface area contributed by atoms with Crippen molar-refractivity contribution in [2.24, 2.45) is 5.92 Å². The number of carbonyl (C=O) groups excluding carboxylic acids is 2. The van der Waals surface area contributed by atoms with Crippen molar-refractivity contribution in [2.45, 2.75) is 103 Å². The van der Waals surface area contributed by atoms with Crippen LogP contribution in [0.2, 0.25) is 0 Å². The number of benzene rings is 4. The number of phenolic OH excluding ortho intramolecular Hbond substituents is 1. The summed E-state index contributed by atoms with van der Waals surface area (Å²) in [6, 6.07) is 21.2. The third kappa shape index (κ3) is 6.42. The molecule has 2 unspecified atom stereocenters. The number of ether oxygens (including phenoxy) is 4. The number of nitrogens with zero attached hydrogens (tertiary/aromatic N) is 1. The first-order valence-corrected chi connectivity index (χ1v) is 19.6. The van der Waals surface area contributed by atoms with E-state index in [9.17, 15) is 14.7 Å². The van der Waals surface area contributed by atoms with Gasteiger partial charge < -0.3 is 29.0 Å². The molecule has 4 aliphatic heterocycles. The van der Waals surface area contributed by atoms with Crippen molar-refractivity contribution in [3.63, 3.8) is 0 Å². The quantitative estimate of drug-likeness (QED) is 0.161. The number of rotatable bonds is 10. The van der Waals surface area contributed by atoms with Crippen LogP contribution in [0.3, 0.4) is 0 Å². The second-order valence-electron chi connectivity index (χ2n) is 16.5. The highest BCUT2D eigenvalue weighted by Gasteiger charge is 2.54. The lowest BCUT2D eigenvalue weighted by molar-refractivity contribution is -0.119. The van der Waals surface area contributed by atoms with E-state index in [0.717, 1.165) is 91.8 Å². The number of esters is 1. The van der Waals surface area contributed by atoms with Crippen LogP contribution in [0.1, 0.15) is 122 Å². The van der Waals surface area contributed by atoms with Gasteiger partial charge in [0.1, 0.15) is 34.5 Å². The fourth-order valence-corrected chi connectivity index (χ4v) is 9.41. The molecule has 1 fully saturated rings. The first-order chi connectivity index (χ1) is 25.9. The van der Waals surface area contributed by atoms with Crippen molar-refractivity contribution in [1.29, 1.82) is 0 Å². The maximum Gasteiger partial charge on any atom is 0.340 e. The molecule has 54 heavy (non-hydrogen) atoms. The zero-order valence-corrected chi connectivity index (χ0v) is 32.1. The van der Waals surface area contributed by atoms with Crippen LogP contribution in [0.5, 0.6) is 28.7 Å². The molecule has 0 aliphatic carbocycles. The van der Waals surface area contributed by atoms with Crippen LogP contribution in [0.25, 0.3) is 0 Å². The van der Waals surface area contributed by atoms with Crippen molar-refractivity contribution in [1.82, 2.24) is 0 Å². The SMILES string of the molecule is Cc1cc(Oc2ccc3c(c2)Oc2cc4c(cc2C32OC(=O)c3ccccc32)C(C)CC(C)(C)N4CCCC(=O)CCCC2CCOCC2)cc(C)c1O.